The molecular weight excluding hydrogens is 426 g/mol. The van der Waals surface area contributed by atoms with E-state index in [4.69, 9.17) is 9.72 Å². The third-order valence-corrected chi connectivity index (χ3v) is 6.61. The topological polar surface area (TPSA) is 55.3 Å². The third-order valence-electron chi connectivity index (χ3n) is 4.57. The van der Waals surface area contributed by atoms with Gasteiger partial charge >= 0.3 is 0 Å². The number of carbonyl (C=O) groups excluding carboxylic acids is 1. The number of fused-ring (bicyclic) bond motifs is 1. The number of thioether (sulfide) groups is 1. The number of para-hydroxylation sites is 1. The van der Waals surface area contributed by atoms with Gasteiger partial charge in [-0.25, -0.2) is 4.98 Å². The maximum Gasteiger partial charge on any atom is 0.260 e. The molecule has 0 aliphatic carbocycles. The van der Waals surface area contributed by atoms with Crippen LogP contribution in [-0.2, 0) is 6.54 Å². The van der Waals surface area contributed by atoms with Gasteiger partial charge in [0.2, 0.25) is 0 Å². The fourth-order valence-corrected chi connectivity index (χ4v) is 5.08. The number of hydrogen-bond donors (Lipinski definition) is 0. The average molecular weight is 450 g/mol. The molecule has 0 saturated heterocycles. The Morgan fingerprint density at radius 2 is 1.97 bits per heavy atom. The largest absolute Gasteiger partial charge is 0.494 e. The van der Waals surface area contributed by atoms with Gasteiger partial charge in [0.1, 0.15) is 11.3 Å². The Kier molecular flexibility index (Phi) is 6.53. The first kappa shape index (κ1) is 21.3. The van der Waals surface area contributed by atoms with Crippen molar-refractivity contribution in [3.63, 3.8) is 0 Å². The fourth-order valence-electron chi connectivity index (χ4n) is 3.20. The van der Waals surface area contributed by atoms with E-state index in [1.54, 1.807) is 30.0 Å². The molecule has 31 heavy (non-hydrogen) atoms. The lowest BCUT2D eigenvalue weighted by Crippen LogP contribution is -2.30. The SMILES string of the molecule is COc1cccc2sc(N(Cc3ccccn3)C(=O)c3cccc(SC(C)C)c3)nc12. The van der Waals surface area contributed by atoms with Gasteiger partial charge in [0.25, 0.3) is 5.91 Å². The summed E-state index contributed by atoms with van der Waals surface area (Å²) < 4.78 is 6.43. The summed E-state index contributed by atoms with van der Waals surface area (Å²) in [5, 5.41) is 1.06. The van der Waals surface area contributed by atoms with Crippen LogP contribution in [0, 0.1) is 0 Å². The highest BCUT2D eigenvalue weighted by atomic mass is 32.2. The molecule has 0 aliphatic heterocycles. The number of ether oxygens (including phenoxy) is 1. The molecule has 0 N–H and O–H groups in total. The molecule has 0 radical (unpaired) electrons. The maximum absolute atomic E-state index is 13.6. The fraction of sp³-hybridized carbons (Fsp3) is 0.208. The zero-order chi connectivity index (χ0) is 21.8. The number of thiazole rings is 1. The molecule has 5 nitrogen and oxygen atoms in total. The van der Waals surface area contributed by atoms with Gasteiger partial charge in [0, 0.05) is 21.9 Å². The molecule has 7 heteroatoms. The number of methoxy groups -OCH3 is 1. The predicted molar refractivity (Wildman–Crippen MR) is 128 cm³/mol. The van der Waals surface area contributed by atoms with Gasteiger partial charge in [-0.15, -0.1) is 11.8 Å². The van der Waals surface area contributed by atoms with Gasteiger partial charge < -0.3 is 4.74 Å². The van der Waals surface area contributed by atoms with E-state index in [0.29, 0.717) is 28.2 Å². The van der Waals surface area contributed by atoms with E-state index in [2.05, 4.69) is 18.8 Å². The summed E-state index contributed by atoms with van der Waals surface area (Å²) in [4.78, 5) is 25.6. The van der Waals surface area contributed by atoms with E-state index in [1.165, 1.54) is 11.3 Å². The van der Waals surface area contributed by atoms with Crippen LogP contribution < -0.4 is 9.64 Å². The van der Waals surface area contributed by atoms with Gasteiger partial charge in [-0.1, -0.05) is 43.4 Å². The molecule has 1 amide bonds. The lowest BCUT2D eigenvalue weighted by Gasteiger charge is -2.20. The predicted octanol–water partition coefficient (Wildman–Crippen LogP) is 6.05. The van der Waals surface area contributed by atoms with Crippen LogP contribution in [0.15, 0.2) is 71.8 Å². The van der Waals surface area contributed by atoms with Crippen molar-refractivity contribution in [2.45, 2.75) is 30.5 Å². The van der Waals surface area contributed by atoms with Crippen LogP contribution in [0.2, 0.25) is 0 Å². The van der Waals surface area contributed by atoms with Crippen molar-refractivity contribution in [3.8, 4) is 5.75 Å². The Bertz CT molecular complexity index is 1190. The summed E-state index contributed by atoms with van der Waals surface area (Å²) in [6.45, 7) is 4.62. The summed E-state index contributed by atoms with van der Waals surface area (Å²) in [5.41, 5.74) is 2.19. The Labute approximate surface area is 190 Å². The van der Waals surface area contributed by atoms with Crippen molar-refractivity contribution in [1.82, 2.24) is 9.97 Å². The highest BCUT2D eigenvalue weighted by molar-refractivity contribution is 7.99. The van der Waals surface area contributed by atoms with Crippen LogP contribution in [0.4, 0.5) is 5.13 Å². The molecule has 4 aromatic rings. The first-order chi connectivity index (χ1) is 15.0. The van der Waals surface area contributed by atoms with Gasteiger partial charge in [-0.2, -0.15) is 0 Å². The molecule has 0 aliphatic rings. The number of nitrogens with zero attached hydrogens (tertiary/aromatic N) is 3. The number of carbonyl (C=O) groups is 1. The minimum absolute atomic E-state index is 0.102. The Morgan fingerprint density at radius 1 is 1.13 bits per heavy atom. The average Bonchev–Trinajstić information content (AvgIpc) is 3.21. The molecular formula is C24H23N3O2S2. The highest BCUT2D eigenvalue weighted by Crippen LogP contribution is 2.35. The van der Waals surface area contributed by atoms with Crippen molar-refractivity contribution in [3.05, 3.63) is 78.1 Å². The van der Waals surface area contributed by atoms with Gasteiger partial charge in [-0.05, 0) is 42.5 Å². The van der Waals surface area contributed by atoms with Crippen LogP contribution in [0.3, 0.4) is 0 Å². The first-order valence-electron chi connectivity index (χ1n) is 9.97. The molecule has 0 bridgehead atoms. The third kappa shape index (κ3) is 4.89. The molecule has 2 heterocycles. The number of rotatable bonds is 7. The van der Waals surface area contributed by atoms with Gasteiger partial charge in [-0.3, -0.25) is 14.7 Å². The number of anilines is 1. The quantitative estimate of drug-likeness (QED) is 0.322. The second kappa shape index (κ2) is 9.49. The first-order valence-corrected chi connectivity index (χ1v) is 11.7. The molecule has 4 rings (SSSR count). The van der Waals surface area contributed by atoms with Gasteiger partial charge in [0.15, 0.2) is 5.13 Å². The Balaban J connectivity index is 1.75. The lowest BCUT2D eigenvalue weighted by atomic mass is 10.2. The number of aromatic nitrogens is 2. The molecule has 0 saturated carbocycles. The molecule has 0 fully saturated rings. The molecule has 0 spiro atoms. The normalized spacial score (nSPS) is 11.1. The van der Waals surface area contributed by atoms with E-state index >= 15 is 0 Å². The second-order valence-electron chi connectivity index (χ2n) is 7.21. The van der Waals surface area contributed by atoms with E-state index in [9.17, 15) is 4.79 Å². The molecule has 0 unspecified atom stereocenters. The smallest absolute Gasteiger partial charge is 0.260 e. The van der Waals surface area contributed by atoms with E-state index in [0.717, 1.165) is 20.8 Å². The van der Waals surface area contributed by atoms with Crippen LogP contribution in [-0.4, -0.2) is 28.2 Å². The van der Waals surface area contributed by atoms with E-state index in [1.807, 2.05) is 60.7 Å². The van der Waals surface area contributed by atoms with Crippen LogP contribution in [0.5, 0.6) is 5.75 Å². The highest BCUT2D eigenvalue weighted by Gasteiger charge is 2.23. The number of benzene rings is 2. The Hall–Kier alpha value is -2.90. The minimum atomic E-state index is -0.102. The number of hydrogen-bond acceptors (Lipinski definition) is 6. The van der Waals surface area contributed by atoms with Crippen LogP contribution >= 0.6 is 23.1 Å². The summed E-state index contributed by atoms with van der Waals surface area (Å²) in [6, 6.07) is 19.3. The zero-order valence-corrected chi connectivity index (χ0v) is 19.2. The molecule has 0 atom stereocenters. The van der Waals surface area contributed by atoms with Gasteiger partial charge in [0.05, 0.1) is 24.0 Å². The summed E-state index contributed by atoms with van der Waals surface area (Å²) >= 11 is 3.21. The number of pyridine rings is 1. The van der Waals surface area contributed by atoms with Crippen molar-refractivity contribution >= 4 is 44.4 Å². The van der Waals surface area contributed by atoms with Crippen LogP contribution in [0.1, 0.15) is 29.9 Å². The van der Waals surface area contributed by atoms with Crippen LogP contribution in [0.25, 0.3) is 10.2 Å². The standard InChI is InChI=1S/C24H23N3O2S2/c1-16(2)30-19-10-6-8-17(14-19)23(28)27(15-18-9-4-5-13-25-18)24-26-22-20(29-3)11-7-12-21(22)31-24/h4-14,16H,15H2,1-3H3. The lowest BCUT2D eigenvalue weighted by molar-refractivity contribution is 0.0984. The zero-order valence-electron chi connectivity index (χ0n) is 17.6. The molecule has 2 aromatic carbocycles. The summed E-state index contributed by atoms with van der Waals surface area (Å²) in [6.07, 6.45) is 1.74. The summed E-state index contributed by atoms with van der Waals surface area (Å²) in [7, 11) is 1.63. The molecule has 158 valence electrons. The van der Waals surface area contributed by atoms with Crippen molar-refractivity contribution in [2.24, 2.45) is 0 Å². The maximum atomic E-state index is 13.6. The number of amides is 1. The monoisotopic (exact) mass is 449 g/mol. The Morgan fingerprint density at radius 3 is 2.71 bits per heavy atom. The van der Waals surface area contributed by atoms with Crippen molar-refractivity contribution in [2.75, 3.05) is 12.0 Å². The van der Waals surface area contributed by atoms with Crippen molar-refractivity contribution in [1.29, 1.82) is 0 Å². The second-order valence-corrected chi connectivity index (χ2v) is 9.87. The minimum Gasteiger partial charge on any atom is -0.494 e. The van der Waals surface area contributed by atoms with E-state index < -0.39 is 0 Å². The van der Waals surface area contributed by atoms with E-state index in [-0.39, 0.29) is 5.91 Å². The summed E-state index contributed by atoms with van der Waals surface area (Å²) in [5.74, 6) is 0.593. The van der Waals surface area contributed by atoms with Crippen molar-refractivity contribution < 1.29 is 9.53 Å². The molecule has 2 aromatic heterocycles.